The van der Waals surface area contributed by atoms with Gasteiger partial charge in [0.05, 0.1) is 11.7 Å². The molecule has 1 saturated heterocycles. The van der Waals surface area contributed by atoms with E-state index in [1.807, 2.05) is 41.5 Å². The molecule has 2 rings (SSSR count). The van der Waals surface area contributed by atoms with E-state index in [9.17, 15) is 4.79 Å². The van der Waals surface area contributed by atoms with E-state index in [1.54, 1.807) is 4.90 Å². The number of piperidine rings is 1. The Labute approximate surface area is 134 Å². The highest BCUT2D eigenvalue weighted by molar-refractivity contribution is 5.68. The van der Waals surface area contributed by atoms with Crippen LogP contribution < -0.4 is 0 Å². The number of nitrogens with zero attached hydrogens (tertiary/aromatic N) is 3. The van der Waals surface area contributed by atoms with Gasteiger partial charge < -0.3 is 9.64 Å². The minimum atomic E-state index is -0.427. The summed E-state index contributed by atoms with van der Waals surface area (Å²) in [6.07, 6.45) is 1.66. The van der Waals surface area contributed by atoms with E-state index >= 15 is 0 Å². The number of aromatic nitrogens is 2. The summed E-state index contributed by atoms with van der Waals surface area (Å²) in [6, 6.07) is 2.49. The van der Waals surface area contributed by atoms with Crippen molar-refractivity contribution in [1.82, 2.24) is 14.7 Å². The van der Waals surface area contributed by atoms with Crippen LogP contribution >= 0.6 is 0 Å². The summed E-state index contributed by atoms with van der Waals surface area (Å²) in [6.45, 7) is 15.3. The largest absolute Gasteiger partial charge is 0.444 e. The van der Waals surface area contributed by atoms with Gasteiger partial charge in [-0.3, -0.25) is 4.68 Å². The zero-order valence-electron chi connectivity index (χ0n) is 15.1. The Kier molecular flexibility index (Phi) is 6.45. The standard InChI is InChI=1S/C15H25N3O2.C2H6/c1-11-10-12(2)18(16-11)13-6-8-17(9-7-13)14(19)20-15(3,4)5;1-2/h10,13H,6-9H2,1-5H3;1-2H3. The van der Waals surface area contributed by atoms with Gasteiger partial charge in [0.2, 0.25) is 0 Å². The van der Waals surface area contributed by atoms with Crippen molar-refractivity contribution in [2.75, 3.05) is 13.1 Å². The van der Waals surface area contributed by atoms with Gasteiger partial charge in [0.15, 0.2) is 0 Å². The fraction of sp³-hybridized carbons (Fsp3) is 0.765. The second-order valence-corrected chi connectivity index (χ2v) is 6.57. The Bertz CT molecular complexity index is 481. The molecular weight excluding hydrogens is 278 g/mol. The molecule has 0 spiro atoms. The van der Waals surface area contributed by atoms with Crippen molar-refractivity contribution in [1.29, 1.82) is 0 Å². The molecule has 126 valence electrons. The summed E-state index contributed by atoms with van der Waals surface area (Å²) in [5, 5.41) is 4.55. The molecule has 22 heavy (non-hydrogen) atoms. The van der Waals surface area contributed by atoms with E-state index in [0.29, 0.717) is 6.04 Å². The first-order valence-electron chi connectivity index (χ1n) is 8.27. The van der Waals surface area contributed by atoms with Gasteiger partial charge in [0.1, 0.15) is 5.60 Å². The van der Waals surface area contributed by atoms with Crippen molar-refractivity contribution < 1.29 is 9.53 Å². The molecule has 1 aromatic heterocycles. The Balaban J connectivity index is 0.00000116. The van der Waals surface area contributed by atoms with Crippen LogP contribution in [0.1, 0.15) is 64.9 Å². The summed E-state index contributed by atoms with van der Waals surface area (Å²) in [7, 11) is 0. The zero-order chi connectivity index (χ0) is 16.9. The first-order valence-corrected chi connectivity index (χ1v) is 8.27. The van der Waals surface area contributed by atoms with Crippen LogP contribution in [0.25, 0.3) is 0 Å². The van der Waals surface area contributed by atoms with E-state index in [0.717, 1.165) is 31.6 Å². The third-order valence-electron chi connectivity index (χ3n) is 3.51. The van der Waals surface area contributed by atoms with E-state index in [-0.39, 0.29) is 6.09 Å². The van der Waals surface area contributed by atoms with Gasteiger partial charge in [-0.2, -0.15) is 5.10 Å². The van der Waals surface area contributed by atoms with Gasteiger partial charge in [-0.25, -0.2) is 4.79 Å². The van der Waals surface area contributed by atoms with Crippen LogP contribution in [0, 0.1) is 13.8 Å². The third kappa shape index (κ3) is 5.04. The topological polar surface area (TPSA) is 47.4 Å². The minimum absolute atomic E-state index is 0.204. The van der Waals surface area contributed by atoms with Gasteiger partial charge in [0, 0.05) is 18.8 Å². The Morgan fingerprint density at radius 3 is 2.18 bits per heavy atom. The molecule has 1 aromatic rings. The van der Waals surface area contributed by atoms with Gasteiger partial charge in [-0.05, 0) is 53.5 Å². The van der Waals surface area contributed by atoms with Crippen LogP contribution in [0.3, 0.4) is 0 Å². The summed E-state index contributed by atoms with van der Waals surface area (Å²) in [5.41, 5.74) is 1.82. The summed E-state index contributed by atoms with van der Waals surface area (Å²) < 4.78 is 7.51. The molecule has 1 fully saturated rings. The van der Waals surface area contributed by atoms with E-state index in [4.69, 9.17) is 4.74 Å². The summed E-state index contributed by atoms with van der Waals surface area (Å²) in [4.78, 5) is 13.8. The molecule has 0 N–H and O–H groups in total. The average molecular weight is 309 g/mol. The van der Waals surface area contributed by atoms with E-state index < -0.39 is 5.60 Å². The van der Waals surface area contributed by atoms with Crippen LogP contribution in [-0.4, -0.2) is 39.5 Å². The highest BCUT2D eigenvalue weighted by Gasteiger charge is 2.28. The van der Waals surface area contributed by atoms with Crippen LogP contribution in [-0.2, 0) is 4.74 Å². The number of rotatable bonds is 1. The van der Waals surface area contributed by atoms with Crippen molar-refractivity contribution >= 4 is 6.09 Å². The van der Waals surface area contributed by atoms with Crippen molar-refractivity contribution in [3.05, 3.63) is 17.5 Å². The molecule has 1 amide bonds. The predicted molar refractivity (Wildman–Crippen MR) is 89.1 cm³/mol. The molecular formula is C17H31N3O2. The lowest BCUT2D eigenvalue weighted by Crippen LogP contribution is -2.42. The average Bonchev–Trinajstić information content (AvgIpc) is 2.78. The second-order valence-electron chi connectivity index (χ2n) is 6.57. The van der Waals surface area contributed by atoms with Crippen molar-refractivity contribution in [3.63, 3.8) is 0 Å². The second kappa shape index (κ2) is 7.65. The Morgan fingerprint density at radius 1 is 1.23 bits per heavy atom. The maximum Gasteiger partial charge on any atom is 0.410 e. The number of carbonyl (C=O) groups is 1. The quantitative estimate of drug-likeness (QED) is 0.784. The molecule has 1 aliphatic rings. The fourth-order valence-electron chi connectivity index (χ4n) is 2.64. The van der Waals surface area contributed by atoms with Gasteiger partial charge in [-0.15, -0.1) is 0 Å². The number of hydrogen-bond donors (Lipinski definition) is 0. The maximum absolute atomic E-state index is 12.0. The maximum atomic E-state index is 12.0. The third-order valence-corrected chi connectivity index (χ3v) is 3.51. The molecule has 0 aliphatic carbocycles. The SMILES string of the molecule is CC.Cc1cc(C)n(C2CCN(C(=O)OC(C)(C)C)CC2)n1. The number of ether oxygens (including phenoxy) is 1. The smallest absolute Gasteiger partial charge is 0.410 e. The lowest BCUT2D eigenvalue weighted by atomic mass is 10.1. The number of carbonyl (C=O) groups excluding carboxylic acids is 1. The van der Waals surface area contributed by atoms with Gasteiger partial charge in [0.25, 0.3) is 0 Å². The molecule has 5 nitrogen and oxygen atoms in total. The molecule has 5 heteroatoms. The summed E-state index contributed by atoms with van der Waals surface area (Å²) in [5.74, 6) is 0. The number of aryl methyl sites for hydroxylation is 2. The summed E-state index contributed by atoms with van der Waals surface area (Å²) >= 11 is 0. The predicted octanol–water partition coefficient (Wildman–Crippen LogP) is 4.10. The highest BCUT2D eigenvalue weighted by atomic mass is 16.6. The molecule has 1 aliphatic heterocycles. The number of likely N-dealkylation sites (tertiary alicyclic amines) is 1. The van der Waals surface area contributed by atoms with Crippen molar-refractivity contribution in [2.45, 2.75) is 73.0 Å². The zero-order valence-corrected chi connectivity index (χ0v) is 15.1. The van der Waals surface area contributed by atoms with Gasteiger partial charge in [-0.1, -0.05) is 13.8 Å². The lowest BCUT2D eigenvalue weighted by Gasteiger charge is -2.33. The Morgan fingerprint density at radius 2 is 1.77 bits per heavy atom. The molecule has 0 aromatic carbocycles. The van der Waals surface area contributed by atoms with Gasteiger partial charge >= 0.3 is 6.09 Å². The molecule has 0 radical (unpaired) electrons. The fourth-order valence-corrected chi connectivity index (χ4v) is 2.64. The minimum Gasteiger partial charge on any atom is -0.444 e. The number of hydrogen-bond acceptors (Lipinski definition) is 3. The van der Waals surface area contributed by atoms with Crippen LogP contribution in [0.4, 0.5) is 4.79 Å². The van der Waals surface area contributed by atoms with Crippen LogP contribution in [0.15, 0.2) is 6.07 Å². The first kappa shape index (κ1) is 18.5. The number of amides is 1. The normalized spacial score (nSPS) is 16.0. The van der Waals surface area contributed by atoms with Crippen LogP contribution in [0.2, 0.25) is 0 Å². The molecule has 0 atom stereocenters. The van der Waals surface area contributed by atoms with E-state index in [1.165, 1.54) is 5.69 Å². The van der Waals surface area contributed by atoms with Crippen LogP contribution in [0.5, 0.6) is 0 Å². The van der Waals surface area contributed by atoms with Crippen molar-refractivity contribution in [3.8, 4) is 0 Å². The molecule has 0 bridgehead atoms. The van der Waals surface area contributed by atoms with Crippen molar-refractivity contribution in [2.24, 2.45) is 0 Å². The molecule has 0 unspecified atom stereocenters. The van der Waals surface area contributed by atoms with E-state index in [2.05, 4.69) is 22.8 Å². The monoisotopic (exact) mass is 309 g/mol. The lowest BCUT2D eigenvalue weighted by molar-refractivity contribution is 0.0184. The Hall–Kier alpha value is -1.52. The molecule has 0 saturated carbocycles. The highest BCUT2D eigenvalue weighted by Crippen LogP contribution is 2.24. The first-order chi connectivity index (χ1) is 10.3. The molecule has 2 heterocycles.